The normalized spacial score (nSPS) is 13.1. The molecule has 0 bridgehead atoms. The molecule has 0 amide bonds. The van der Waals surface area contributed by atoms with Gasteiger partial charge in [-0.05, 0) is 35.6 Å². The molecule has 1 N–H and O–H groups in total. The molecule has 1 atom stereocenters. The van der Waals surface area contributed by atoms with E-state index in [0.717, 1.165) is 16.5 Å². The molecule has 0 saturated carbocycles. The van der Waals surface area contributed by atoms with Crippen LogP contribution in [0.1, 0.15) is 31.7 Å². The molecule has 0 saturated heterocycles. The number of fused-ring (bicyclic) bond motifs is 1. The molecule has 19 heavy (non-hydrogen) atoms. The fourth-order valence-electron chi connectivity index (χ4n) is 2.58. The van der Waals surface area contributed by atoms with Gasteiger partial charge in [-0.1, -0.05) is 25.4 Å². The molecule has 2 aromatic rings. The number of aryl methyl sites for hydroxylation is 1. The molecule has 3 nitrogen and oxygen atoms in total. The van der Waals surface area contributed by atoms with Crippen molar-refractivity contribution in [3.8, 4) is 0 Å². The van der Waals surface area contributed by atoms with Crippen molar-refractivity contribution in [3.63, 3.8) is 0 Å². The van der Waals surface area contributed by atoms with Crippen LogP contribution < -0.4 is 0 Å². The zero-order valence-electron chi connectivity index (χ0n) is 11.4. The van der Waals surface area contributed by atoms with E-state index in [-0.39, 0.29) is 18.3 Å². The summed E-state index contributed by atoms with van der Waals surface area (Å²) >= 11 is 6.06. The highest BCUT2D eigenvalue weighted by atomic mass is 35.5. The van der Waals surface area contributed by atoms with Crippen LogP contribution in [-0.4, -0.2) is 15.6 Å². The van der Waals surface area contributed by atoms with Gasteiger partial charge in [0.2, 0.25) is 0 Å². The van der Waals surface area contributed by atoms with Crippen LogP contribution in [0.15, 0.2) is 24.4 Å². The van der Waals surface area contributed by atoms with E-state index >= 15 is 0 Å². The molecule has 0 radical (unpaired) electrons. The molecule has 0 spiro atoms. The van der Waals surface area contributed by atoms with Crippen molar-refractivity contribution in [2.24, 2.45) is 13.0 Å². The summed E-state index contributed by atoms with van der Waals surface area (Å²) in [5, 5.41) is 10.8. The Balaban J connectivity index is 2.59. The second-order valence-electron chi connectivity index (χ2n) is 5.31. The van der Waals surface area contributed by atoms with Gasteiger partial charge >= 0.3 is 5.97 Å². The predicted octanol–water partition coefficient (Wildman–Crippen LogP) is 4.05. The number of hydrogen-bond acceptors (Lipinski definition) is 1. The number of halogens is 1. The first-order valence-electron chi connectivity index (χ1n) is 6.36. The number of aromatic nitrogens is 1. The second kappa shape index (κ2) is 5.25. The van der Waals surface area contributed by atoms with E-state index in [4.69, 9.17) is 16.7 Å². The third kappa shape index (κ3) is 2.76. The van der Waals surface area contributed by atoms with Crippen LogP contribution in [-0.2, 0) is 11.8 Å². The number of carbonyl (C=O) groups is 1. The molecule has 2 rings (SSSR count). The summed E-state index contributed by atoms with van der Waals surface area (Å²) in [6.45, 7) is 4.11. The van der Waals surface area contributed by atoms with Crippen LogP contribution >= 0.6 is 11.6 Å². The van der Waals surface area contributed by atoms with Crippen LogP contribution in [0, 0.1) is 5.92 Å². The molecule has 1 aromatic carbocycles. The van der Waals surface area contributed by atoms with Gasteiger partial charge in [0, 0.05) is 29.2 Å². The van der Waals surface area contributed by atoms with Gasteiger partial charge in [0.1, 0.15) is 0 Å². The summed E-state index contributed by atoms with van der Waals surface area (Å²) in [6, 6.07) is 5.75. The first-order valence-corrected chi connectivity index (χ1v) is 6.74. The summed E-state index contributed by atoms with van der Waals surface area (Å²) < 4.78 is 2.03. The summed E-state index contributed by atoms with van der Waals surface area (Å²) in [4.78, 5) is 11.1. The van der Waals surface area contributed by atoms with E-state index in [1.54, 1.807) is 0 Å². The highest BCUT2D eigenvalue weighted by molar-refractivity contribution is 6.31. The first-order chi connectivity index (χ1) is 8.90. The van der Waals surface area contributed by atoms with Gasteiger partial charge in [-0.15, -0.1) is 0 Å². The zero-order chi connectivity index (χ0) is 14.2. The lowest BCUT2D eigenvalue weighted by Crippen LogP contribution is -2.11. The van der Waals surface area contributed by atoms with Gasteiger partial charge in [-0.2, -0.15) is 0 Å². The van der Waals surface area contributed by atoms with Crippen molar-refractivity contribution in [1.29, 1.82) is 0 Å². The van der Waals surface area contributed by atoms with Crippen molar-refractivity contribution >= 4 is 28.5 Å². The van der Waals surface area contributed by atoms with Gasteiger partial charge in [-0.25, -0.2) is 0 Å². The quantitative estimate of drug-likeness (QED) is 0.917. The van der Waals surface area contributed by atoms with E-state index in [0.29, 0.717) is 5.02 Å². The molecule has 1 unspecified atom stereocenters. The number of carboxylic acids is 1. The zero-order valence-corrected chi connectivity index (χ0v) is 12.1. The maximum atomic E-state index is 11.1. The monoisotopic (exact) mass is 279 g/mol. The van der Waals surface area contributed by atoms with Gasteiger partial charge in [0.05, 0.1) is 6.42 Å². The van der Waals surface area contributed by atoms with Crippen molar-refractivity contribution in [2.75, 3.05) is 0 Å². The summed E-state index contributed by atoms with van der Waals surface area (Å²) in [7, 11) is 1.97. The minimum Gasteiger partial charge on any atom is -0.481 e. The van der Waals surface area contributed by atoms with Crippen LogP contribution in [0.2, 0.25) is 5.02 Å². The molecule has 0 fully saturated rings. The highest BCUT2D eigenvalue weighted by Crippen LogP contribution is 2.35. The summed E-state index contributed by atoms with van der Waals surface area (Å²) in [6.07, 6.45) is 2.16. The lowest BCUT2D eigenvalue weighted by atomic mass is 9.85. The van der Waals surface area contributed by atoms with E-state index in [2.05, 4.69) is 13.8 Å². The van der Waals surface area contributed by atoms with Crippen molar-refractivity contribution in [3.05, 3.63) is 35.0 Å². The third-order valence-electron chi connectivity index (χ3n) is 3.58. The molecule has 1 heterocycles. The molecule has 0 aliphatic heterocycles. The minimum absolute atomic E-state index is 0.000309. The van der Waals surface area contributed by atoms with Gasteiger partial charge in [0.25, 0.3) is 0 Å². The number of aliphatic carboxylic acids is 1. The SMILES string of the molecule is CC(C)C(CC(=O)O)c1cn(C)c2ccc(Cl)cc12. The molecular weight excluding hydrogens is 262 g/mol. The Morgan fingerprint density at radius 3 is 2.68 bits per heavy atom. The van der Waals surface area contributed by atoms with E-state index in [9.17, 15) is 4.79 Å². The second-order valence-corrected chi connectivity index (χ2v) is 5.74. The fraction of sp³-hybridized carbons (Fsp3) is 0.400. The predicted molar refractivity (Wildman–Crippen MR) is 77.8 cm³/mol. The van der Waals surface area contributed by atoms with Crippen LogP contribution in [0.3, 0.4) is 0 Å². The Morgan fingerprint density at radius 2 is 2.11 bits per heavy atom. The fourth-order valence-corrected chi connectivity index (χ4v) is 2.76. The Morgan fingerprint density at radius 1 is 1.42 bits per heavy atom. The molecule has 0 aliphatic rings. The molecule has 0 aliphatic carbocycles. The minimum atomic E-state index is -0.766. The van der Waals surface area contributed by atoms with Crippen molar-refractivity contribution < 1.29 is 9.90 Å². The van der Waals surface area contributed by atoms with E-state index in [1.165, 1.54) is 0 Å². The lowest BCUT2D eigenvalue weighted by molar-refractivity contribution is -0.137. The Labute approximate surface area is 117 Å². The van der Waals surface area contributed by atoms with Gasteiger partial charge in [-0.3, -0.25) is 4.79 Å². The standard InChI is InChI=1S/C15H18ClNO2/c1-9(2)11(7-15(18)19)13-8-17(3)14-5-4-10(16)6-12(13)14/h4-6,8-9,11H,7H2,1-3H3,(H,18,19). The van der Waals surface area contributed by atoms with Gasteiger partial charge < -0.3 is 9.67 Å². The number of hydrogen-bond donors (Lipinski definition) is 1. The maximum absolute atomic E-state index is 11.1. The van der Waals surface area contributed by atoms with E-state index in [1.807, 2.05) is 36.0 Å². The average molecular weight is 280 g/mol. The molecule has 4 heteroatoms. The van der Waals surface area contributed by atoms with Crippen molar-refractivity contribution in [1.82, 2.24) is 4.57 Å². The smallest absolute Gasteiger partial charge is 0.303 e. The molecule has 1 aromatic heterocycles. The van der Waals surface area contributed by atoms with Crippen LogP contribution in [0.5, 0.6) is 0 Å². The average Bonchev–Trinajstić information content (AvgIpc) is 2.62. The van der Waals surface area contributed by atoms with Gasteiger partial charge in [0.15, 0.2) is 0 Å². The number of carboxylic acid groups (broad SMARTS) is 1. The Hall–Kier alpha value is -1.48. The first kappa shape index (κ1) is 13.9. The number of nitrogens with zero attached hydrogens (tertiary/aromatic N) is 1. The van der Waals surface area contributed by atoms with Crippen LogP contribution in [0.25, 0.3) is 10.9 Å². The van der Waals surface area contributed by atoms with Crippen molar-refractivity contribution in [2.45, 2.75) is 26.2 Å². The summed E-state index contributed by atoms with van der Waals surface area (Å²) in [5.74, 6) is -0.502. The largest absolute Gasteiger partial charge is 0.481 e. The molecule has 102 valence electrons. The van der Waals surface area contributed by atoms with Crippen LogP contribution in [0.4, 0.5) is 0 Å². The Kier molecular flexibility index (Phi) is 3.85. The topological polar surface area (TPSA) is 42.2 Å². The lowest BCUT2D eigenvalue weighted by Gasteiger charge is -2.18. The number of rotatable bonds is 4. The Bertz CT molecular complexity index is 616. The molecular formula is C15H18ClNO2. The summed E-state index contributed by atoms with van der Waals surface area (Å²) in [5.41, 5.74) is 2.15. The van der Waals surface area contributed by atoms with E-state index < -0.39 is 5.97 Å². The maximum Gasteiger partial charge on any atom is 0.303 e. The highest BCUT2D eigenvalue weighted by Gasteiger charge is 2.23. The number of benzene rings is 1. The third-order valence-corrected chi connectivity index (χ3v) is 3.82.